The third-order valence-electron chi connectivity index (χ3n) is 10.2. The molecule has 2 heteroatoms. The first-order valence-corrected chi connectivity index (χ1v) is 16.3. The topological polar surface area (TPSA) is 12.5 Å². The molecule has 3 aliphatic rings. The van der Waals surface area contributed by atoms with E-state index in [0.717, 1.165) is 50.0 Å². The van der Waals surface area contributed by atoms with Crippen LogP contribution in [0.1, 0.15) is 97.4 Å². The first-order valence-electron chi connectivity index (χ1n) is 16.3. The minimum absolute atomic E-state index is 0.755. The average molecular weight is 536 g/mol. The zero-order chi connectivity index (χ0) is 27.1. The highest BCUT2D eigenvalue weighted by molar-refractivity contribution is 5.49. The Morgan fingerprint density at radius 2 is 1.32 bits per heavy atom. The number of aryl methyl sites for hydroxylation is 3. The molecule has 4 atom stereocenters. The highest BCUT2D eigenvalue weighted by Gasteiger charge is 2.26. The van der Waals surface area contributed by atoms with Crippen molar-refractivity contribution >= 4 is 5.69 Å². The van der Waals surface area contributed by atoms with Crippen LogP contribution >= 0.6 is 0 Å². The number of anilines is 1. The molecular weight excluding hydrogens is 486 g/mol. The number of benzene rings is 3. The van der Waals surface area contributed by atoms with Crippen molar-refractivity contribution in [1.29, 1.82) is 0 Å². The summed E-state index contributed by atoms with van der Waals surface area (Å²) in [6.07, 6.45) is 14.8. The van der Waals surface area contributed by atoms with E-state index in [1.807, 2.05) is 0 Å². The van der Waals surface area contributed by atoms with Gasteiger partial charge >= 0.3 is 0 Å². The first-order chi connectivity index (χ1) is 19.7. The molecule has 2 aliphatic carbocycles. The molecule has 212 valence electrons. The van der Waals surface area contributed by atoms with E-state index in [0.29, 0.717) is 0 Å². The lowest BCUT2D eigenvalue weighted by Crippen LogP contribution is -2.36. The van der Waals surface area contributed by atoms with Gasteiger partial charge in [-0.15, -0.1) is 0 Å². The molecule has 3 aromatic rings. The largest absolute Gasteiger partial charge is 0.378 e. The van der Waals surface area contributed by atoms with E-state index < -0.39 is 0 Å². The molecule has 0 N–H and O–H groups in total. The second-order valence-corrected chi connectivity index (χ2v) is 13.1. The summed E-state index contributed by atoms with van der Waals surface area (Å²) < 4.78 is 5.54. The van der Waals surface area contributed by atoms with Gasteiger partial charge in [0.1, 0.15) is 0 Å². The summed E-state index contributed by atoms with van der Waals surface area (Å²) in [6.45, 7) is 5.96. The van der Waals surface area contributed by atoms with E-state index in [4.69, 9.17) is 4.74 Å². The maximum atomic E-state index is 5.54. The fourth-order valence-corrected chi connectivity index (χ4v) is 7.89. The van der Waals surface area contributed by atoms with Crippen LogP contribution in [0.25, 0.3) is 0 Å². The van der Waals surface area contributed by atoms with Crippen molar-refractivity contribution in [1.82, 2.24) is 0 Å². The SMILES string of the molecule is Cc1cccc(C2CCCC(CCc3cccc(C4CCC(CCc5cccc(N6CCOCC6)c5)C4)c3)C2)c1. The Bertz CT molecular complexity index is 1230. The van der Waals surface area contributed by atoms with Gasteiger partial charge in [0.15, 0.2) is 0 Å². The fraction of sp³-hybridized carbons (Fsp3) is 0.526. The number of nitrogens with zero attached hydrogens (tertiary/aromatic N) is 1. The van der Waals surface area contributed by atoms with E-state index >= 15 is 0 Å². The molecule has 2 nitrogen and oxygen atoms in total. The molecule has 2 saturated carbocycles. The number of ether oxygens (including phenoxy) is 1. The van der Waals surface area contributed by atoms with Crippen molar-refractivity contribution < 1.29 is 4.74 Å². The molecule has 1 heterocycles. The molecule has 1 saturated heterocycles. The molecule has 0 spiro atoms. The number of rotatable bonds is 9. The third-order valence-corrected chi connectivity index (χ3v) is 10.2. The monoisotopic (exact) mass is 535 g/mol. The van der Waals surface area contributed by atoms with Gasteiger partial charge in [-0.3, -0.25) is 0 Å². The van der Waals surface area contributed by atoms with Gasteiger partial charge < -0.3 is 9.64 Å². The van der Waals surface area contributed by atoms with Crippen molar-refractivity contribution in [2.45, 2.75) is 89.4 Å². The Morgan fingerprint density at radius 3 is 2.10 bits per heavy atom. The first kappa shape index (κ1) is 27.6. The lowest BCUT2D eigenvalue weighted by Gasteiger charge is -2.30. The van der Waals surface area contributed by atoms with Gasteiger partial charge in [-0.2, -0.15) is 0 Å². The van der Waals surface area contributed by atoms with Crippen molar-refractivity contribution in [3.8, 4) is 0 Å². The minimum atomic E-state index is 0.755. The maximum absolute atomic E-state index is 5.54. The second kappa shape index (κ2) is 13.4. The van der Waals surface area contributed by atoms with Gasteiger partial charge in [0.25, 0.3) is 0 Å². The summed E-state index contributed by atoms with van der Waals surface area (Å²) in [4.78, 5) is 2.47. The molecule has 6 rings (SSSR count). The molecule has 0 aromatic heterocycles. The predicted molar refractivity (Wildman–Crippen MR) is 169 cm³/mol. The zero-order valence-electron chi connectivity index (χ0n) is 24.7. The molecule has 4 unspecified atom stereocenters. The fourth-order valence-electron chi connectivity index (χ4n) is 7.89. The molecular formula is C38H49NO. The number of morpholine rings is 1. The average Bonchev–Trinajstić information content (AvgIpc) is 3.49. The summed E-state index contributed by atoms with van der Waals surface area (Å²) in [5, 5.41) is 0. The van der Waals surface area contributed by atoms with E-state index in [2.05, 4.69) is 84.6 Å². The minimum Gasteiger partial charge on any atom is -0.378 e. The lowest BCUT2D eigenvalue weighted by atomic mass is 9.76. The highest BCUT2D eigenvalue weighted by Crippen LogP contribution is 2.41. The molecule has 3 aromatic carbocycles. The van der Waals surface area contributed by atoms with Gasteiger partial charge in [0.05, 0.1) is 13.2 Å². The standard InChI is InChI=1S/C38H49NO/c1-29-6-2-10-34(24-29)35-11-3-7-30(25-35)14-15-31-8-4-12-36(26-31)37-19-18-33(27-37)17-16-32-9-5-13-38(28-32)39-20-22-40-23-21-39/h2,4-6,8-10,12-13,24,26,28,30,33,35,37H,3,7,11,14-23,25,27H2,1H3. The molecule has 0 bridgehead atoms. The smallest absolute Gasteiger partial charge is 0.0642 e. The maximum Gasteiger partial charge on any atom is 0.0642 e. The van der Waals surface area contributed by atoms with Gasteiger partial charge in [0.2, 0.25) is 0 Å². The zero-order valence-corrected chi connectivity index (χ0v) is 24.7. The van der Waals surface area contributed by atoms with Crippen LogP contribution in [-0.2, 0) is 17.6 Å². The van der Waals surface area contributed by atoms with Crippen LogP contribution in [-0.4, -0.2) is 26.3 Å². The summed E-state index contributed by atoms with van der Waals surface area (Å²) in [5.74, 6) is 3.26. The highest BCUT2D eigenvalue weighted by atomic mass is 16.5. The summed E-state index contributed by atoms with van der Waals surface area (Å²) in [7, 11) is 0. The molecule has 1 aliphatic heterocycles. The number of hydrogen-bond acceptors (Lipinski definition) is 2. The molecule has 0 amide bonds. The van der Waals surface area contributed by atoms with Crippen molar-refractivity contribution in [2.75, 3.05) is 31.2 Å². The Labute approximate surface area is 243 Å². The van der Waals surface area contributed by atoms with Crippen LogP contribution in [0.3, 0.4) is 0 Å². The normalized spacial score (nSPS) is 25.3. The number of hydrogen-bond donors (Lipinski definition) is 0. The van der Waals surface area contributed by atoms with Crippen molar-refractivity contribution in [3.05, 3.63) is 101 Å². The van der Waals surface area contributed by atoms with Crippen molar-refractivity contribution in [2.24, 2.45) is 11.8 Å². The van der Waals surface area contributed by atoms with Crippen LogP contribution in [0.15, 0.2) is 72.8 Å². The van der Waals surface area contributed by atoms with Crippen LogP contribution < -0.4 is 4.90 Å². The van der Waals surface area contributed by atoms with Gasteiger partial charge in [-0.05, 0) is 123 Å². The van der Waals surface area contributed by atoms with Gasteiger partial charge in [-0.1, -0.05) is 79.1 Å². The summed E-state index contributed by atoms with van der Waals surface area (Å²) in [5.41, 5.74) is 9.03. The van der Waals surface area contributed by atoms with E-state index in [1.165, 1.54) is 87.4 Å². The van der Waals surface area contributed by atoms with Crippen LogP contribution in [0, 0.1) is 18.8 Å². The van der Waals surface area contributed by atoms with Crippen LogP contribution in [0.2, 0.25) is 0 Å². The Hall–Kier alpha value is -2.58. The van der Waals surface area contributed by atoms with E-state index in [9.17, 15) is 0 Å². The van der Waals surface area contributed by atoms with E-state index in [1.54, 1.807) is 16.7 Å². The summed E-state index contributed by atoms with van der Waals surface area (Å²) >= 11 is 0. The predicted octanol–water partition coefficient (Wildman–Crippen LogP) is 9.25. The summed E-state index contributed by atoms with van der Waals surface area (Å²) in [6, 6.07) is 28.2. The second-order valence-electron chi connectivity index (χ2n) is 13.1. The van der Waals surface area contributed by atoms with Gasteiger partial charge in [0, 0.05) is 18.8 Å². The third kappa shape index (κ3) is 7.19. The van der Waals surface area contributed by atoms with E-state index in [-0.39, 0.29) is 0 Å². The Balaban J connectivity index is 0.982. The molecule has 40 heavy (non-hydrogen) atoms. The van der Waals surface area contributed by atoms with Gasteiger partial charge in [-0.25, -0.2) is 0 Å². The quantitative estimate of drug-likeness (QED) is 0.271. The van der Waals surface area contributed by atoms with Crippen LogP contribution in [0.5, 0.6) is 0 Å². The lowest BCUT2D eigenvalue weighted by molar-refractivity contribution is 0.122. The van der Waals surface area contributed by atoms with Crippen LogP contribution in [0.4, 0.5) is 5.69 Å². The molecule has 3 fully saturated rings. The Morgan fingerprint density at radius 1 is 0.675 bits per heavy atom. The Kier molecular flexibility index (Phi) is 9.23. The molecule has 0 radical (unpaired) electrons. The van der Waals surface area contributed by atoms with Crippen molar-refractivity contribution in [3.63, 3.8) is 0 Å².